The van der Waals surface area contributed by atoms with Gasteiger partial charge in [-0.2, -0.15) is 0 Å². The van der Waals surface area contributed by atoms with Crippen molar-refractivity contribution in [2.24, 2.45) is 0 Å². The summed E-state index contributed by atoms with van der Waals surface area (Å²) >= 11 is 6.74. The maximum Gasteiger partial charge on any atom is 0.161 e. The van der Waals surface area contributed by atoms with Crippen molar-refractivity contribution in [3.05, 3.63) is 15.4 Å². The van der Waals surface area contributed by atoms with Crippen LogP contribution in [0.2, 0.25) is 0 Å². The zero-order valence-electron chi connectivity index (χ0n) is 7.71. The van der Waals surface area contributed by atoms with Gasteiger partial charge in [-0.05, 0) is 51.1 Å². The Kier molecular flexibility index (Phi) is 3.38. The Morgan fingerprint density at radius 2 is 1.86 bits per heavy atom. The normalized spacial score (nSPS) is 17.1. The van der Waals surface area contributed by atoms with E-state index in [9.17, 15) is 0 Å². The average molecular weight is 321 g/mol. The molecule has 76 valence electrons. The maximum absolute atomic E-state index is 4.37. The van der Waals surface area contributed by atoms with Gasteiger partial charge in [-0.3, -0.25) is 0 Å². The molecule has 0 radical (unpaired) electrons. The molecular formula is C9H11Br2N3. The predicted octanol–water partition coefficient (Wildman–Crippen LogP) is 2.99. The van der Waals surface area contributed by atoms with Gasteiger partial charge in [0.15, 0.2) is 5.82 Å². The minimum absolute atomic E-state index is 0.769. The molecule has 5 heteroatoms. The Balaban J connectivity index is 2.22. The number of hydrogen-bond acceptors (Lipinski definition) is 3. The first kappa shape index (κ1) is 10.4. The lowest BCUT2D eigenvalue weighted by Crippen LogP contribution is -2.30. The van der Waals surface area contributed by atoms with E-state index in [1.807, 2.05) is 0 Å². The first-order valence-corrected chi connectivity index (χ1v) is 6.29. The number of anilines is 1. The molecule has 0 amide bonds. The zero-order valence-corrected chi connectivity index (χ0v) is 10.9. The summed E-state index contributed by atoms with van der Waals surface area (Å²) in [7, 11) is 0. The van der Waals surface area contributed by atoms with Gasteiger partial charge < -0.3 is 4.90 Å². The third-order valence-electron chi connectivity index (χ3n) is 2.34. The van der Waals surface area contributed by atoms with Crippen molar-refractivity contribution in [3.63, 3.8) is 0 Å². The number of nitrogens with zero attached hydrogens (tertiary/aromatic N) is 3. The highest BCUT2D eigenvalue weighted by Gasteiger charge is 2.15. The summed E-state index contributed by atoms with van der Waals surface area (Å²) in [5.74, 6) is 0.966. The quantitative estimate of drug-likeness (QED) is 0.796. The molecule has 0 aromatic carbocycles. The summed E-state index contributed by atoms with van der Waals surface area (Å²) in [4.78, 5) is 10.9. The van der Waals surface area contributed by atoms with E-state index < -0.39 is 0 Å². The molecule has 0 atom stereocenters. The molecule has 0 N–H and O–H groups in total. The molecule has 2 rings (SSSR count). The van der Waals surface area contributed by atoms with Crippen LogP contribution in [0.4, 0.5) is 5.82 Å². The molecule has 1 aliphatic rings. The highest BCUT2D eigenvalue weighted by Crippen LogP contribution is 2.25. The first-order valence-electron chi connectivity index (χ1n) is 4.70. The van der Waals surface area contributed by atoms with Crippen LogP contribution in [-0.4, -0.2) is 23.1 Å². The molecule has 2 heterocycles. The fraction of sp³-hybridized carbons (Fsp3) is 0.556. The Bertz CT molecular complexity index is 324. The van der Waals surface area contributed by atoms with Crippen molar-refractivity contribution in [2.75, 3.05) is 18.0 Å². The summed E-state index contributed by atoms with van der Waals surface area (Å²) in [6.45, 7) is 2.18. The molecule has 1 saturated heterocycles. The van der Waals surface area contributed by atoms with Gasteiger partial charge in [0.1, 0.15) is 9.21 Å². The predicted molar refractivity (Wildman–Crippen MR) is 63.5 cm³/mol. The smallest absolute Gasteiger partial charge is 0.161 e. The Hall–Kier alpha value is -0.160. The van der Waals surface area contributed by atoms with Crippen LogP contribution in [0.15, 0.2) is 15.4 Å². The van der Waals surface area contributed by atoms with Gasteiger partial charge in [-0.25, -0.2) is 9.97 Å². The van der Waals surface area contributed by atoms with Crippen LogP contribution in [0.3, 0.4) is 0 Å². The molecule has 1 aromatic heterocycles. The molecule has 14 heavy (non-hydrogen) atoms. The second-order valence-corrected chi connectivity index (χ2v) is 4.92. The Morgan fingerprint density at radius 1 is 1.14 bits per heavy atom. The number of rotatable bonds is 1. The average Bonchev–Trinajstić information content (AvgIpc) is 2.19. The highest BCUT2D eigenvalue weighted by molar-refractivity contribution is 9.11. The third kappa shape index (κ3) is 2.25. The lowest BCUT2D eigenvalue weighted by molar-refractivity contribution is 0.571. The molecule has 0 unspecified atom stereocenters. The van der Waals surface area contributed by atoms with Crippen LogP contribution in [0.25, 0.3) is 0 Å². The maximum atomic E-state index is 4.37. The van der Waals surface area contributed by atoms with E-state index in [-0.39, 0.29) is 0 Å². The summed E-state index contributed by atoms with van der Waals surface area (Å²) in [6, 6.07) is 0. The first-order chi connectivity index (χ1) is 6.77. The minimum Gasteiger partial charge on any atom is -0.354 e. The van der Waals surface area contributed by atoms with Crippen molar-refractivity contribution in [2.45, 2.75) is 19.3 Å². The van der Waals surface area contributed by atoms with Gasteiger partial charge in [0, 0.05) is 13.1 Å². The minimum atomic E-state index is 0.769. The van der Waals surface area contributed by atoms with Crippen LogP contribution in [0.5, 0.6) is 0 Å². The van der Waals surface area contributed by atoms with E-state index in [2.05, 4.69) is 46.7 Å². The molecule has 0 aliphatic carbocycles. The van der Waals surface area contributed by atoms with Crippen molar-refractivity contribution >= 4 is 37.7 Å². The van der Waals surface area contributed by atoms with Crippen LogP contribution in [0.1, 0.15) is 19.3 Å². The lowest BCUT2D eigenvalue weighted by Gasteiger charge is -2.27. The fourth-order valence-electron chi connectivity index (χ4n) is 1.66. The molecule has 0 spiro atoms. The highest BCUT2D eigenvalue weighted by atomic mass is 79.9. The van der Waals surface area contributed by atoms with Crippen molar-refractivity contribution < 1.29 is 0 Å². The van der Waals surface area contributed by atoms with Gasteiger partial charge in [-0.15, -0.1) is 0 Å². The standard InChI is InChI=1S/C9H11Br2N3/c10-7-6-12-9(8(11)13-7)14-4-2-1-3-5-14/h6H,1-5H2. The lowest BCUT2D eigenvalue weighted by atomic mass is 10.1. The van der Waals surface area contributed by atoms with Gasteiger partial charge >= 0.3 is 0 Å². The van der Waals surface area contributed by atoms with E-state index in [0.29, 0.717) is 0 Å². The summed E-state index contributed by atoms with van der Waals surface area (Å²) < 4.78 is 1.60. The second-order valence-electron chi connectivity index (χ2n) is 3.35. The van der Waals surface area contributed by atoms with Gasteiger partial charge in [0.2, 0.25) is 0 Å². The molecule has 1 aromatic rings. The van der Waals surface area contributed by atoms with Crippen molar-refractivity contribution in [1.82, 2.24) is 9.97 Å². The van der Waals surface area contributed by atoms with Gasteiger partial charge in [0.05, 0.1) is 6.20 Å². The van der Waals surface area contributed by atoms with Crippen LogP contribution in [-0.2, 0) is 0 Å². The van der Waals surface area contributed by atoms with Gasteiger partial charge in [-0.1, -0.05) is 0 Å². The van der Waals surface area contributed by atoms with Crippen LogP contribution in [0, 0.1) is 0 Å². The number of halogens is 2. The molecule has 1 fully saturated rings. The number of piperidine rings is 1. The molecule has 3 nitrogen and oxygen atoms in total. The van der Waals surface area contributed by atoms with Crippen molar-refractivity contribution in [1.29, 1.82) is 0 Å². The number of aromatic nitrogens is 2. The van der Waals surface area contributed by atoms with Gasteiger partial charge in [0.25, 0.3) is 0 Å². The van der Waals surface area contributed by atoms with E-state index in [1.54, 1.807) is 6.20 Å². The summed E-state index contributed by atoms with van der Waals surface area (Å²) in [6.07, 6.45) is 5.58. The van der Waals surface area contributed by atoms with Crippen molar-refractivity contribution in [3.8, 4) is 0 Å². The summed E-state index contributed by atoms with van der Waals surface area (Å²) in [5.41, 5.74) is 0. The van der Waals surface area contributed by atoms with E-state index >= 15 is 0 Å². The van der Waals surface area contributed by atoms with E-state index in [4.69, 9.17) is 0 Å². The number of hydrogen-bond donors (Lipinski definition) is 0. The topological polar surface area (TPSA) is 29.0 Å². The molecule has 0 bridgehead atoms. The fourth-order valence-corrected chi connectivity index (χ4v) is 2.72. The third-order valence-corrected chi connectivity index (χ3v) is 3.25. The molecule has 0 saturated carbocycles. The largest absolute Gasteiger partial charge is 0.354 e. The van der Waals surface area contributed by atoms with Crippen LogP contribution >= 0.6 is 31.9 Å². The Labute approximate surface area is 100 Å². The molecule has 1 aliphatic heterocycles. The Morgan fingerprint density at radius 3 is 2.50 bits per heavy atom. The second kappa shape index (κ2) is 4.57. The SMILES string of the molecule is Brc1cnc(N2CCCCC2)c(Br)n1. The monoisotopic (exact) mass is 319 g/mol. The van der Waals surface area contributed by atoms with E-state index in [1.165, 1.54) is 19.3 Å². The molecular weight excluding hydrogens is 310 g/mol. The zero-order chi connectivity index (χ0) is 9.97. The van der Waals surface area contributed by atoms with Crippen LogP contribution < -0.4 is 4.90 Å². The summed E-state index contributed by atoms with van der Waals surface area (Å²) in [5, 5.41) is 0. The van der Waals surface area contributed by atoms with E-state index in [0.717, 1.165) is 28.1 Å².